The number of nitrogens with zero attached hydrogens (tertiary/aromatic N) is 2. The quantitative estimate of drug-likeness (QED) is 0.861. The molecule has 2 N–H and O–H groups in total. The van der Waals surface area contributed by atoms with Crippen LogP contribution in [-0.2, 0) is 11.8 Å². The van der Waals surface area contributed by atoms with Crippen LogP contribution in [0.3, 0.4) is 0 Å². The van der Waals surface area contributed by atoms with Crippen LogP contribution in [0.25, 0.3) is 0 Å². The van der Waals surface area contributed by atoms with Gasteiger partial charge in [-0.25, -0.2) is 0 Å². The lowest BCUT2D eigenvalue weighted by Gasteiger charge is -2.21. The Labute approximate surface area is 112 Å². The molecular weight excluding hydrogens is 275 g/mol. The molecular formula is C12H14F3N3O2. The van der Waals surface area contributed by atoms with Gasteiger partial charge in [0.15, 0.2) is 0 Å². The Morgan fingerprint density at radius 2 is 2.00 bits per heavy atom. The Kier molecular flexibility index (Phi) is 3.49. The molecule has 2 rings (SSSR count). The predicted octanol–water partition coefficient (Wildman–Crippen LogP) is 0.485. The molecule has 0 spiro atoms. The Bertz CT molecular complexity index is 582. The Morgan fingerprint density at radius 3 is 2.50 bits per heavy atom. The summed E-state index contributed by atoms with van der Waals surface area (Å²) in [6.45, 7) is -0.523. The molecule has 2 atom stereocenters. The molecule has 1 amide bonds. The average molecular weight is 289 g/mol. The zero-order chi connectivity index (χ0) is 15.1. The van der Waals surface area contributed by atoms with Gasteiger partial charge in [-0.2, -0.15) is 13.2 Å². The molecule has 0 saturated carbocycles. The van der Waals surface area contributed by atoms with Crippen LogP contribution in [-0.4, -0.2) is 29.7 Å². The van der Waals surface area contributed by atoms with E-state index in [0.717, 1.165) is 0 Å². The van der Waals surface area contributed by atoms with Crippen LogP contribution in [0.2, 0.25) is 0 Å². The minimum absolute atomic E-state index is 0.142. The van der Waals surface area contributed by atoms with Gasteiger partial charge in [0.05, 0.1) is 11.8 Å². The van der Waals surface area contributed by atoms with Crippen molar-refractivity contribution < 1.29 is 18.0 Å². The lowest BCUT2D eigenvalue weighted by Crippen LogP contribution is -2.37. The highest BCUT2D eigenvalue weighted by molar-refractivity contribution is 5.78. The third-order valence-corrected chi connectivity index (χ3v) is 3.59. The van der Waals surface area contributed by atoms with Gasteiger partial charge in [-0.15, -0.1) is 0 Å². The van der Waals surface area contributed by atoms with E-state index in [2.05, 4.69) is 0 Å². The van der Waals surface area contributed by atoms with Gasteiger partial charge in [0.2, 0.25) is 5.91 Å². The van der Waals surface area contributed by atoms with Crippen molar-refractivity contribution in [1.29, 1.82) is 0 Å². The van der Waals surface area contributed by atoms with Crippen molar-refractivity contribution in [2.45, 2.75) is 6.18 Å². The number of nitrogens with two attached hydrogens (primary N) is 1. The first-order valence-electron chi connectivity index (χ1n) is 5.99. The molecule has 1 saturated heterocycles. The molecule has 1 aliphatic rings. The van der Waals surface area contributed by atoms with Crippen molar-refractivity contribution in [3.8, 4) is 0 Å². The van der Waals surface area contributed by atoms with Gasteiger partial charge < -0.3 is 10.6 Å². The van der Waals surface area contributed by atoms with Crippen molar-refractivity contribution in [3.63, 3.8) is 0 Å². The Hall–Kier alpha value is -1.99. The number of carbonyl (C=O) groups excluding carboxylic acids is 1. The van der Waals surface area contributed by atoms with Crippen LogP contribution in [0, 0.1) is 11.8 Å². The second-order valence-electron chi connectivity index (χ2n) is 4.84. The standard InChI is InChI=1S/C12H14F3N3O2/c1-17-9(3-2-4-10(17)19)18-5-7(11(16)20)8(6-18)12(13,14)15/h2-4,7-8H,5-6H2,1H3,(H2,16,20)/t7-,8-/m1/s1. The summed E-state index contributed by atoms with van der Waals surface area (Å²) < 4.78 is 40.1. The molecule has 2 heterocycles. The fourth-order valence-corrected chi connectivity index (χ4v) is 2.48. The van der Waals surface area contributed by atoms with Gasteiger partial charge in [-0.3, -0.25) is 14.2 Å². The third-order valence-electron chi connectivity index (χ3n) is 3.59. The number of hydrogen-bond acceptors (Lipinski definition) is 3. The summed E-state index contributed by atoms with van der Waals surface area (Å²) in [4.78, 5) is 24.1. The molecule has 8 heteroatoms. The molecule has 1 aromatic heterocycles. The van der Waals surface area contributed by atoms with E-state index in [1.54, 1.807) is 0 Å². The number of primary amides is 1. The molecule has 0 aliphatic carbocycles. The van der Waals surface area contributed by atoms with E-state index < -0.39 is 23.9 Å². The number of carbonyl (C=O) groups is 1. The molecule has 5 nitrogen and oxygen atoms in total. The van der Waals surface area contributed by atoms with Crippen LogP contribution in [0.5, 0.6) is 0 Å². The van der Waals surface area contributed by atoms with Crippen molar-refractivity contribution in [2.24, 2.45) is 24.6 Å². The highest BCUT2D eigenvalue weighted by Gasteiger charge is 2.52. The number of hydrogen-bond donors (Lipinski definition) is 1. The van der Waals surface area contributed by atoms with Gasteiger partial charge in [-0.05, 0) is 6.07 Å². The first-order chi connectivity index (χ1) is 9.21. The number of pyridine rings is 1. The fraction of sp³-hybridized carbons (Fsp3) is 0.500. The molecule has 0 radical (unpaired) electrons. The van der Waals surface area contributed by atoms with Crippen LogP contribution < -0.4 is 16.2 Å². The van der Waals surface area contributed by atoms with Gasteiger partial charge in [0.1, 0.15) is 5.82 Å². The summed E-state index contributed by atoms with van der Waals surface area (Å²) in [5, 5.41) is 0. The van der Waals surface area contributed by atoms with Crippen molar-refractivity contribution >= 4 is 11.7 Å². The summed E-state index contributed by atoms with van der Waals surface area (Å²) in [6, 6.07) is 4.32. The number of amides is 1. The summed E-state index contributed by atoms with van der Waals surface area (Å²) in [7, 11) is 1.47. The number of anilines is 1. The van der Waals surface area contributed by atoms with E-state index >= 15 is 0 Å². The number of rotatable bonds is 2. The van der Waals surface area contributed by atoms with Crippen molar-refractivity contribution in [2.75, 3.05) is 18.0 Å². The Balaban J connectivity index is 2.35. The highest BCUT2D eigenvalue weighted by Crippen LogP contribution is 2.38. The normalized spacial score (nSPS) is 23.1. The maximum Gasteiger partial charge on any atom is 0.394 e. The van der Waals surface area contributed by atoms with Gasteiger partial charge in [0.25, 0.3) is 5.56 Å². The highest BCUT2D eigenvalue weighted by atomic mass is 19.4. The van der Waals surface area contributed by atoms with E-state index in [9.17, 15) is 22.8 Å². The summed E-state index contributed by atoms with van der Waals surface area (Å²) in [6.07, 6.45) is -4.50. The average Bonchev–Trinajstić information content (AvgIpc) is 2.77. The number of aromatic nitrogens is 1. The molecule has 1 fully saturated rings. The molecule has 110 valence electrons. The Morgan fingerprint density at radius 1 is 1.35 bits per heavy atom. The van der Waals surface area contributed by atoms with Crippen molar-refractivity contribution in [3.05, 3.63) is 28.6 Å². The first kappa shape index (κ1) is 14.4. The summed E-state index contributed by atoms with van der Waals surface area (Å²) in [5.41, 5.74) is 4.73. The van der Waals surface area contributed by atoms with Crippen LogP contribution in [0.15, 0.2) is 23.0 Å². The lowest BCUT2D eigenvalue weighted by molar-refractivity contribution is -0.181. The van der Waals surface area contributed by atoms with Crippen LogP contribution in [0.1, 0.15) is 0 Å². The topological polar surface area (TPSA) is 68.3 Å². The second kappa shape index (κ2) is 4.84. The molecule has 20 heavy (non-hydrogen) atoms. The van der Waals surface area contributed by atoms with Crippen LogP contribution >= 0.6 is 0 Å². The number of alkyl halides is 3. The second-order valence-corrected chi connectivity index (χ2v) is 4.84. The monoisotopic (exact) mass is 289 g/mol. The first-order valence-corrected chi connectivity index (χ1v) is 5.99. The maximum atomic E-state index is 12.9. The smallest absolute Gasteiger partial charge is 0.369 e. The van der Waals surface area contributed by atoms with Crippen molar-refractivity contribution in [1.82, 2.24) is 4.57 Å². The minimum atomic E-state index is -4.50. The van der Waals surface area contributed by atoms with Crippen LogP contribution in [0.4, 0.5) is 19.0 Å². The zero-order valence-corrected chi connectivity index (χ0v) is 10.7. The molecule has 1 aromatic rings. The minimum Gasteiger partial charge on any atom is -0.369 e. The summed E-state index contributed by atoms with van der Waals surface area (Å²) >= 11 is 0. The zero-order valence-electron chi connectivity index (χ0n) is 10.7. The molecule has 1 aliphatic heterocycles. The van der Waals surface area contributed by atoms with E-state index in [1.165, 1.54) is 34.7 Å². The molecule has 0 aromatic carbocycles. The molecule has 0 bridgehead atoms. The molecule has 0 unspecified atom stereocenters. The third kappa shape index (κ3) is 2.50. The fourth-order valence-electron chi connectivity index (χ4n) is 2.48. The lowest BCUT2D eigenvalue weighted by atomic mass is 9.95. The van der Waals surface area contributed by atoms with E-state index in [4.69, 9.17) is 5.73 Å². The van der Waals surface area contributed by atoms with Gasteiger partial charge in [0, 0.05) is 26.2 Å². The predicted molar refractivity (Wildman–Crippen MR) is 66.1 cm³/mol. The largest absolute Gasteiger partial charge is 0.394 e. The number of halogens is 3. The van der Waals surface area contributed by atoms with Gasteiger partial charge in [-0.1, -0.05) is 6.07 Å². The van der Waals surface area contributed by atoms with E-state index in [0.29, 0.717) is 5.82 Å². The van der Waals surface area contributed by atoms with E-state index in [1.807, 2.05) is 0 Å². The summed E-state index contributed by atoms with van der Waals surface area (Å²) in [5.74, 6) is -3.74. The van der Waals surface area contributed by atoms with E-state index in [-0.39, 0.29) is 18.6 Å². The SMILES string of the molecule is Cn1c(N2C[C@@H](C(F)(F)F)[C@H](C(N)=O)C2)cccc1=O. The van der Waals surface area contributed by atoms with Gasteiger partial charge >= 0.3 is 6.18 Å². The maximum absolute atomic E-state index is 12.9.